The molecule has 104 valence electrons. The van der Waals surface area contributed by atoms with Crippen LogP contribution in [0.15, 0.2) is 60.3 Å². The Labute approximate surface area is 121 Å². The Kier molecular flexibility index (Phi) is 3.16. The first-order valence-electron chi connectivity index (χ1n) is 6.36. The summed E-state index contributed by atoms with van der Waals surface area (Å²) in [7, 11) is 0. The van der Waals surface area contributed by atoms with Crippen molar-refractivity contribution < 1.29 is 14.7 Å². The Morgan fingerprint density at radius 3 is 2.29 bits per heavy atom. The number of anilines is 1. The molecule has 2 N–H and O–H groups in total. The minimum atomic E-state index is -0.476. The van der Waals surface area contributed by atoms with Crippen LogP contribution in [0.3, 0.4) is 0 Å². The van der Waals surface area contributed by atoms with Crippen LogP contribution in [0.1, 0.15) is 5.56 Å². The van der Waals surface area contributed by atoms with Gasteiger partial charge < -0.3 is 10.4 Å². The number of aromatic hydroxyl groups is 1. The van der Waals surface area contributed by atoms with E-state index < -0.39 is 11.9 Å². The zero-order valence-corrected chi connectivity index (χ0v) is 11.0. The molecule has 1 saturated heterocycles. The van der Waals surface area contributed by atoms with Crippen molar-refractivity contribution in [1.82, 2.24) is 5.32 Å². The van der Waals surface area contributed by atoms with Crippen molar-refractivity contribution in [2.24, 2.45) is 0 Å². The summed E-state index contributed by atoms with van der Waals surface area (Å²) < 4.78 is 0. The van der Waals surface area contributed by atoms with E-state index in [2.05, 4.69) is 5.32 Å². The van der Waals surface area contributed by atoms with Crippen molar-refractivity contribution in [3.05, 3.63) is 65.9 Å². The van der Waals surface area contributed by atoms with E-state index in [4.69, 9.17) is 0 Å². The molecule has 0 aromatic heterocycles. The third-order valence-corrected chi connectivity index (χ3v) is 3.10. The summed E-state index contributed by atoms with van der Waals surface area (Å²) in [5, 5.41) is 11.8. The molecule has 0 saturated carbocycles. The fourth-order valence-corrected chi connectivity index (χ4v) is 2.08. The smallest absolute Gasteiger partial charge is 0.333 e. The highest BCUT2D eigenvalue weighted by Gasteiger charge is 2.34. The second kappa shape index (κ2) is 5.13. The van der Waals surface area contributed by atoms with Crippen LogP contribution < -0.4 is 10.2 Å². The molecule has 1 heterocycles. The number of phenols is 1. The van der Waals surface area contributed by atoms with Crippen LogP contribution in [0.25, 0.3) is 6.08 Å². The predicted molar refractivity (Wildman–Crippen MR) is 78.5 cm³/mol. The molecule has 0 bridgehead atoms. The van der Waals surface area contributed by atoms with Gasteiger partial charge in [0, 0.05) is 0 Å². The number of nitrogens with zero attached hydrogens (tertiary/aromatic N) is 1. The maximum absolute atomic E-state index is 12.3. The van der Waals surface area contributed by atoms with Crippen molar-refractivity contribution in [2.75, 3.05) is 4.90 Å². The van der Waals surface area contributed by atoms with Crippen molar-refractivity contribution in [3.63, 3.8) is 0 Å². The molecule has 0 atom stereocenters. The Morgan fingerprint density at radius 1 is 0.952 bits per heavy atom. The molecule has 3 rings (SSSR count). The number of benzene rings is 2. The third-order valence-electron chi connectivity index (χ3n) is 3.10. The molecule has 5 nitrogen and oxygen atoms in total. The van der Waals surface area contributed by atoms with Gasteiger partial charge in [-0.25, -0.2) is 9.69 Å². The summed E-state index contributed by atoms with van der Waals surface area (Å²) in [4.78, 5) is 25.4. The minimum Gasteiger partial charge on any atom is -0.508 e. The van der Waals surface area contributed by atoms with Gasteiger partial charge in [-0.15, -0.1) is 0 Å². The van der Waals surface area contributed by atoms with Crippen LogP contribution in [0.2, 0.25) is 0 Å². The fraction of sp³-hybridized carbons (Fsp3) is 0. The number of para-hydroxylation sites is 1. The van der Waals surface area contributed by atoms with Crippen LogP contribution in [0, 0.1) is 0 Å². The normalized spacial score (nSPS) is 16.4. The SMILES string of the molecule is O=C1N/C(=C/c2ccc(O)cc2)C(=O)N1c1ccccc1. The summed E-state index contributed by atoms with van der Waals surface area (Å²) in [6, 6.07) is 14.6. The summed E-state index contributed by atoms with van der Waals surface area (Å²) in [5.74, 6) is -0.260. The number of imide groups is 1. The van der Waals surface area contributed by atoms with Crippen LogP contribution >= 0.6 is 0 Å². The van der Waals surface area contributed by atoms with Gasteiger partial charge in [0.1, 0.15) is 11.4 Å². The Balaban J connectivity index is 1.92. The summed E-state index contributed by atoms with van der Waals surface area (Å²) in [6.45, 7) is 0. The number of hydrogen-bond acceptors (Lipinski definition) is 3. The molecule has 1 aliphatic rings. The van der Waals surface area contributed by atoms with Crippen LogP contribution in [0.4, 0.5) is 10.5 Å². The molecule has 5 heteroatoms. The molecule has 0 aliphatic carbocycles. The maximum atomic E-state index is 12.3. The summed E-state index contributed by atoms with van der Waals surface area (Å²) >= 11 is 0. The number of phenolic OH excluding ortho intramolecular Hbond substituents is 1. The molecule has 1 aliphatic heterocycles. The van der Waals surface area contributed by atoms with Gasteiger partial charge in [0.05, 0.1) is 5.69 Å². The van der Waals surface area contributed by atoms with Gasteiger partial charge in [0.25, 0.3) is 5.91 Å². The molecule has 2 aromatic carbocycles. The highest BCUT2D eigenvalue weighted by Crippen LogP contribution is 2.22. The molecular formula is C16H12N2O3. The maximum Gasteiger partial charge on any atom is 0.333 e. The average molecular weight is 280 g/mol. The minimum absolute atomic E-state index is 0.143. The zero-order valence-electron chi connectivity index (χ0n) is 11.0. The highest BCUT2D eigenvalue weighted by atomic mass is 16.3. The van der Waals surface area contributed by atoms with Crippen molar-refractivity contribution in [3.8, 4) is 5.75 Å². The lowest BCUT2D eigenvalue weighted by Gasteiger charge is -2.10. The second-order valence-corrected chi connectivity index (χ2v) is 4.56. The van der Waals surface area contributed by atoms with Crippen LogP contribution in [0.5, 0.6) is 5.75 Å². The first kappa shape index (κ1) is 12.9. The number of urea groups is 1. The van der Waals surface area contributed by atoms with E-state index in [9.17, 15) is 14.7 Å². The molecule has 0 spiro atoms. The molecule has 0 unspecified atom stereocenters. The monoisotopic (exact) mass is 280 g/mol. The molecule has 3 amide bonds. The van der Waals surface area contributed by atoms with Crippen molar-refractivity contribution in [1.29, 1.82) is 0 Å². The molecule has 1 fully saturated rings. The number of rotatable bonds is 2. The standard InChI is InChI=1S/C16H12N2O3/c19-13-8-6-11(7-9-13)10-14-15(20)18(16(21)17-14)12-4-2-1-3-5-12/h1-10,19H,(H,17,21)/b14-10+. The third kappa shape index (κ3) is 2.49. The topological polar surface area (TPSA) is 69.6 Å². The lowest BCUT2D eigenvalue weighted by Crippen LogP contribution is -2.30. The van der Waals surface area contributed by atoms with Gasteiger partial charge in [-0.3, -0.25) is 4.79 Å². The quantitative estimate of drug-likeness (QED) is 0.656. The summed E-state index contributed by atoms with van der Waals surface area (Å²) in [6.07, 6.45) is 1.57. The fourth-order valence-electron chi connectivity index (χ4n) is 2.08. The first-order valence-corrected chi connectivity index (χ1v) is 6.36. The number of carbonyl (C=O) groups excluding carboxylic acids is 2. The van der Waals surface area contributed by atoms with Crippen LogP contribution in [-0.4, -0.2) is 17.0 Å². The van der Waals surface area contributed by atoms with Gasteiger partial charge in [-0.2, -0.15) is 0 Å². The molecule has 21 heavy (non-hydrogen) atoms. The van der Waals surface area contributed by atoms with Gasteiger partial charge in [0.2, 0.25) is 0 Å². The molecular weight excluding hydrogens is 268 g/mol. The second-order valence-electron chi connectivity index (χ2n) is 4.56. The largest absolute Gasteiger partial charge is 0.508 e. The van der Waals surface area contributed by atoms with E-state index in [1.807, 2.05) is 6.07 Å². The number of amides is 3. The van der Waals surface area contributed by atoms with Gasteiger partial charge in [0.15, 0.2) is 0 Å². The van der Waals surface area contributed by atoms with Crippen molar-refractivity contribution >= 4 is 23.7 Å². The molecule has 0 radical (unpaired) electrons. The van der Waals surface area contributed by atoms with E-state index in [-0.39, 0.29) is 11.4 Å². The van der Waals surface area contributed by atoms with E-state index in [0.717, 1.165) is 4.90 Å². The Bertz CT molecular complexity index is 721. The Morgan fingerprint density at radius 2 is 1.62 bits per heavy atom. The highest BCUT2D eigenvalue weighted by molar-refractivity contribution is 6.28. The molecule has 2 aromatic rings. The lowest BCUT2D eigenvalue weighted by molar-refractivity contribution is -0.113. The van der Waals surface area contributed by atoms with E-state index in [1.165, 1.54) is 12.1 Å². The van der Waals surface area contributed by atoms with E-state index in [1.54, 1.807) is 42.5 Å². The number of hydrogen-bond donors (Lipinski definition) is 2. The van der Waals surface area contributed by atoms with E-state index >= 15 is 0 Å². The van der Waals surface area contributed by atoms with Crippen molar-refractivity contribution in [2.45, 2.75) is 0 Å². The number of nitrogens with one attached hydrogen (secondary N) is 1. The average Bonchev–Trinajstić information content (AvgIpc) is 2.77. The van der Waals surface area contributed by atoms with Gasteiger partial charge in [-0.05, 0) is 35.9 Å². The first-order chi connectivity index (χ1) is 10.1. The predicted octanol–water partition coefficient (Wildman–Crippen LogP) is 2.49. The lowest BCUT2D eigenvalue weighted by atomic mass is 10.2. The Hall–Kier alpha value is -3.08. The van der Waals surface area contributed by atoms with Gasteiger partial charge in [-0.1, -0.05) is 30.3 Å². The summed E-state index contributed by atoms with van der Waals surface area (Å²) in [5.41, 5.74) is 1.44. The van der Waals surface area contributed by atoms with Gasteiger partial charge >= 0.3 is 6.03 Å². The van der Waals surface area contributed by atoms with Crippen LogP contribution in [-0.2, 0) is 4.79 Å². The zero-order chi connectivity index (χ0) is 14.8. The van der Waals surface area contributed by atoms with E-state index in [0.29, 0.717) is 11.3 Å². The number of carbonyl (C=O) groups is 2.